The zero-order chi connectivity index (χ0) is 13.2. The Morgan fingerprint density at radius 2 is 2.37 bits per heavy atom. The molecule has 0 saturated carbocycles. The summed E-state index contributed by atoms with van der Waals surface area (Å²) < 4.78 is 5.18. The van der Waals surface area contributed by atoms with Gasteiger partial charge in [-0.05, 0) is 12.1 Å². The SMILES string of the molecule is O=C1O[C@H](Cc2ccccn2)C(O)=C1C1=NCCN1. The summed E-state index contributed by atoms with van der Waals surface area (Å²) in [6.45, 7) is 1.27. The molecule has 98 valence electrons. The van der Waals surface area contributed by atoms with Crippen molar-refractivity contribution in [3.05, 3.63) is 41.4 Å². The lowest BCUT2D eigenvalue weighted by Gasteiger charge is -2.08. The van der Waals surface area contributed by atoms with Crippen LogP contribution in [0.3, 0.4) is 0 Å². The summed E-state index contributed by atoms with van der Waals surface area (Å²) in [7, 11) is 0. The van der Waals surface area contributed by atoms with Crippen LogP contribution >= 0.6 is 0 Å². The Bertz CT molecular complexity index is 566. The van der Waals surface area contributed by atoms with Crippen LogP contribution in [-0.4, -0.2) is 41.1 Å². The molecule has 0 radical (unpaired) electrons. The van der Waals surface area contributed by atoms with Crippen molar-refractivity contribution in [3.8, 4) is 0 Å². The maximum Gasteiger partial charge on any atom is 0.346 e. The van der Waals surface area contributed by atoms with E-state index in [9.17, 15) is 9.90 Å². The lowest BCUT2D eigenvalue weighted by molar-refractivity contribution is -0.139. The highest BCUT2D eigenvalue weighted by Gasteiger charge is 2.37. The third-order valence-electron chi connectivity index (χ3n) is 3.05. The number of aliphatic imine (C=N–C) groups is 1. The van der Waals surface area contributed by atoms with Crippen LogP contribution in [0.25, 0.3) is 0 Å². The van der Waals surface area contributed by atoms with Crippen LogP contribution in [0.15, 0.2) is 40.7 Å². The van der Waals surface area contributed by atoms with Crippen LogP contribution in [0.5, 0.6) is 0 Å². The summed E-state index contributed by atoms with van der Waals surface area (Å²) in [6, 6.07) is 5.48. The van der Waals surface area contributed by atoms with Gasteiger partial charge in [0.15, 0.2) is 11.9 Å². The van der Waals surface area contributed by atoms with E-state index in [0.717, 1.165) is 5.69 Å². The lowest BCUT2D eigenvalue weighted by atomic mass is 10.1. The summed E-state index contributed by atoms with van der Waals surface area (Å²) in [5.41, 5.74) is 0.910. The summed E-state index contributed by atoms with van der Waals surface area (Å²) in [6.07, 6.45) is 1.34. The first-order chi connectivity index (χ1) is 9.25. The van der Waals surface area contributed by atoms with E-state index in [2.05, 4.69) is 15.3 Å². The molecule has 2 N–H and O–H groups in total. The molecule has 6 heteroatoms. The van der Waals surface area contributed by atoms with Gasteiger partial charge in [-0.25, -0.2) is 4.79 Å². The van der Waals surface area contributed by atoms with Gasteiger partial charge in [0, 0.05) is 24.9 Å². The molecule has 0 unspecified atom stereocenters. The third kappa shape index (κ3) is 2.16. The maximum absolute atomic E-state index is 11.8. The van der Waals surface area contributed by atoms with Gasteiger partial charge in [-0.1, -0.05) is 6.07 Å². The summed E-state index contributed by atoms with van der Waals surface area (Å²) >= 11 is 0. The number of hydrogen-bond acceptors (Lipinski definition) is 6. The van der Waals surface area contributed by atoms with Crippen molar-refractivity contribution >= 4 is 11.8 Å². The average Bonchev–Trinajstić information content (AvgIpc) is 3.01. The smallest absolute Gasteiger partial charge is 0.346 e. The van der Waals surface area contributed by atoms with E-state index in [0.29, 0.717) is 25.3 Å². The molecule has 0 spiro atoms. The van der Waals surface area contributed by atoms with Crippen molar-refractivity contribution < 1.29 is 14.6 Å². The Labute approximate surface area is 109 Å². The zero-order valence-corrected chi connectivity index (χ0v) is 10.2. The van der Waals surface area contributed by atoms with Gasteiger partial charge in [0.25, 0.3) is 0 Å². The van der Waals surface area contributed by atoms with Gasteiger partial charge >= 0.3 is 5.97 Å². The van der Waals surface area contributed by atoms with Gasteiger partial charge in [-0.2, -0.15) is 0 Å². The molecule has 0 aliphatic carbocycles. The molecule has 1 atom stereocenters. The molecule has 0 fully saturated rings. The largest absolute Gasteiger partial charge is 0.507 e. The Hall–Kier alpha value is -2.37. The molecule has 19 heavy (non-hydrogen) atoms. The fourth-order valence-corrected chi connectivity index (χ4v) is 2.14. The number of aromatic nitrogens is 1. The summed E-state index contributed by atoms with van der Waals surface area (Å²) in [5, 5.41) is 13.1. The molecule has 6 nitrogen and oxygen atoms in total. The van der Waals surface area contributed by atoms with Crippen LogP contribution < -0.4 is 5.32 Å². The highest BCUT2D eigenvalue weighted by Crippen LogP contribution is 2.24. The molecule has 1 aromatic rings. The van der Waals surface area contributed by atoms with Gasteiger partial charge in [0.1, 0.15) is 11.4 Å². The van der Waals surface area contributed by atoms with Crippen molar-refractivity contribution in [2.45, 2.75) is 12.5 Å². The number of hydrogen-bond donors (Lipinski definition) is 2. The second-order valence-corrected chi connectivity index (χ2v) is 4.34. The number of aliphatic hydroxyl groups is 1. The minimum Gasteiger partial charge on any atom is -0.507 e. The van der Waals surface area contributed by atoms with Gasteiger partial charge in [-0.15, -0.1) is 0 Å². The molecule has 0 bridgehead atoms. The van der Waals surface area contributed by atoms with E-state index in [4.69, 9.17) is 4.74 Å². The number of carbonyl (C=O) groups is 1. The highest BCUT2D eigenvalue weighted by molar-refractivity contribution is 6.20. The van der Waals surface area contributed by atoms with E-state index in [1.165, 1.54) is 0 Å². The number of ether oxygens (including phenoxy) is 1. The molecule has 0 saturated heterocycles. The van der Waals surface area contributed by atoms with Crippen molar-refractivity contribution in [1.82, 2.24) is 10.3 Å². The Balaban J connectivity index is 1.83. The maximum atomic E-state index is 11.8. The highest BCUT2D eigenvalue weighted by atomic mass is 16.6. The van der Waals surface area contributed by atoms with E-state index < -0.39 is 12.1 Å². The summed E-state index contributed by atoms with van der Waals surface area (Å²) in [4.78, 5) is 20.1. The minimum atomic E-state index is -0.678. The number of esters is 1. The van der Waals surface area contributed by atoms with E-state index >= 15 is 0 Å². The molecular weight excluding hydrogens is 246 g/mol. The topological polar surface area (TPSA) is 83.8 Å². The quantitative estimate of drug-likeness (QED) is 0.766. The van der Waals surface area contributed by atoms with Crippen molar-refractivity contribution in [2.75, 3.05) is 13.1 Å². The van der Waals surface area contributed by atoms with Crippen molar-refractivity contribution in [1.29, 1.82) is 0 Å². The first kappa shape index (κ1) is 11.7. The second kappa shape index (κ2) is 4.72. The monoisotopic (exact) mass is 259 g/mol. The number of pyridine rings is 1. The number of nitrogens with one attached hydrogen (secondary N) is 1. The van der Waals surface area contributed by atoms with Gasteiger partial charge in [-0.3, -0.25) is 9.98 Å². The molecule has 0 aromatic carbocycles. The summed E-state index contributed by atoms with van der Waals surface area (Å²) in [5.74, 6) is -0.179. The third-order valence-corrected chi connectivity index (χ3v) is 3.05. The number of carbonyl (C=O) groups excluding carboxylic acids is 1. The fourth-order valence-electron chi connectivity index (χ4n) is 2.14. The molecule has 3 heterocycles. The predicted molar refractivity (Wildman–Crippen MR) is 67.8 cm³/mol. The normalized spacial score (nSPS) is 22.2. The molecule has 2 aliphatic heterocycles. The van der Waals surface area contributed by atoms with E-state index in [1.54, 1.807) is 6.20 Å². The second-order valence-electron chi connectivity index (χ2n) is 4.34. The predicted octanol–water partition coefficient (Wildman–Crippen LogP) is 0.363. The van der Waals surface area contributed by atoms with Crippen molar-refractivity contribution in [3.63, 3.8) is 0 Å². The average molecular weight is 259 g/mol. The van der Waals surface area contributed by atoms with Crippen LogP contribution in [-0.2, 0) is 16.0 Å². The molecule has 1 aromatic heterocycles. The number of amidine groups is 1. The lowest BCUT2D eigenvalue weighted by Crippen LogP contribution is -2.24. The van der Waals surface area contributed by atoms with E-state index in [-0.39, 0.29) is 11.3 Å². The van der Waals surface area contributed by atoms with Crippen LogP contribution in [0, 0.1) is 0 Å². The number of rotatable bonds is 3. The molecule has 2 aliphatic rings. The standard InChI is InChI=1S/C13H13N3O3/c17-11-9(7-8-3-1-2-4-14-8)19-13(18)10(11)12-15-5-6-16-12/h1-4,9,17H,5-7H2,(H,15,16)/t9-/m1/s1. The van der Waals surface area contributed by atoms with Crippen LogP contribution in [0.1, 0.15) is 5.69 Å². The van der Waals surface area contributed by atoms with E-state index in [1.807, 2.05) is 18.2 Å². The number of aliphatic hydroxyl groups excluding tert-OH is 1. The van der Waals surface area contributed by atoms with Crippen molar-refractivity contribution in [2.24, 2.45) is 4.99 Å². The Morgan fingerprint density at radius 1 is 1.47 bits per heavy atom. The molecule has 0 amide bonds. The fraction of sp³-hybridized carbons (Fsp3) is 0.308. The van der Waals surface area contributed by atoms with Crippen LogP contribution in [0.2, 0.25) is 0 Å². The van der Waals surface area contributed by atoms with Crippen LogP contribution in [0.4, 0.5) is 0 Å². The minimum absolute atomic E-state index is 0.0659. The first-order valence-corrected chi connectivity index (χ1v) is 6.08. The zero-order valence-electron chi connectivity index (χ0n) is 10.2. The molecular formula is C13H13N3O3. The Kier molecular flexibility index (Phi) is 2.91. The number of cyclic esters (lactones) is 1. The van der Waals surface area contributed by atoms with Gasteiger partial charge < -0.3 is 15.2 Å². The Morgan fingerprint density at radius 3 is 3.05 bits per heavy atom. The van der Waals surface area contributed by atoms with Gasteiger partial charge in [0.2, 0.25) is 0 Å². The number of nitrogens with zero attached hydrogens (tertiary/aromatic N) is 2. The molecule has 3 rings (SSSR count). The first-order valence-electron chi connectivity index (χ1n) is 6.08. The van der Waals surface area contributed by atoms with Gasteiger partial charge in [0.05, 0.1) is 6.54 Å².